The summed E-state index contributed by atoms with van der Waals surface area (Å²) < 4.78 is 14.1. The van der Waals surface area contributed by atoms with Crippen LogP contribution in [0.4, 0.5) is 10.1 Å². The molecule has 1 N–H and O–H groups in total. The first-order valence-electron chi connectivity index (χ1n) is 10.7. The molecule has 1 atom stereocenters. The van der Waals surface area contributed by atoms with Crippen molar-refractivity contribution in [1.29, 1.82) is 0 Å². The molecule has 0 radical (unpaired) electrons. The van der Waals surface area contributed by atoms with Crippen LogP contribution in [0.3, 0.4) is 0 Å². The molecule has 6 nitrogen and oxygen atoms in total. The first-order valence-corrected chi connectivity index (χ1v) is 10.7. The molecule has 0 aliphatic carbocycles. The van der Waals surface area contributed by atoms with Gasteiger partial charge < -0.3 is 9.80 Å². The van der Waals surface area contributed by atoms with Crippen LogP contribution in [0.25, 0.3) is 0 Å². The smallest absolute Gasteiger partial charge is 0.257 e. The Morgan fingerprint density at radius 3 is 2.76 bits per heavy atom. The molecule has 2 aliphatic heterocycles. The average molecular weight is 400 g/mol. The number of nitrogens with one attached hydrogen (secondary N) is 1. The van der Waals surface area contributed by atoms with E-state index in [0.29, 0.717) is 11.7 Å². The van der Waals surface area contributed by atoms with Crippen molar-refractivity contribution in [3.63, 3.8) is 0 Å². The second kappa shape index (κ2) is 8.95. The lowest BCUT2D eigenvalue weighted by Crippen LogP contribution is -2.56. The Labute approximate surface area is 171 Å². The molecule has 1 aromatic heterocycles. The molecule has 2 saturated heterocycles. The second-order valence-corrected chi connectivity index (χ2v) is 8.03. The van der Waals surface area contributed by atoms with E-state index >= 15 is 0 Å². The number of halogens is 1. The number of carbonyl (C=O) groups excluding carboxylic acids is 1. The van der Waals surface area contributed by atoms with Gasteiger partial charge in [-0.3, -0.25) is 14.8 Å². The van der Waals surface area contributed by atoms with Crippen LogP contribution in [0, 0.1) is 5.82 Å². The van der Waals surface area contributed by atoms with Gasteiger partial charge in [-0.2, -0.15) is 5.10 Å². The number of likely N-dealkylation sites (tertiary alicyclic amines) is 1. The highest BCUT2D eigenvalue weighted by Crippen LogP contribution is 2.24. The van der Waals surface area contributed by atoms with E-state index < -0.39 is 0 Å². The Kier molecular flexibility index (Phi) is 6.13. The predicted octanol–water partition coefficient (Wildman–Crippen LogP) is 2.93. The van der Waals surface area contributed by atoms with E-state index in [-0.39, 0.29) is 11.7 Å². The molecule has 2 aliphatic rings. The van der Waals surface area contributed by atoms with E-state index in [9.17, 15) is 9.18 Å². The van der Waals surface area contributed by atoms with Crippen LogP contribution >= 0.6 is 0 Å². The lowest BCUT2D eigenvalue weighted by atomic mass is 10.0. The maximum Gasteiger partial charge on any atom is 0.257 e. The molecule has 4 rings (SSSR count). The van der Waals surface area contributed by atoms with E-state index in [1.54, 1.807) is 12.3 Å². The number of piperidine rings is 1. The number of H-pyrrole nitrogens is 1. The molecular weight excluding hydrogens is 369 g/mol. The zero-order valence-corrected chi connectivity index (χ0v) is 17.1. The van der Waals surface area contributed by atoms with E-state index in [1.807, 2.05) is 17.0 Å². The summed E-state index contributed by atoms with van der Waals surface area (Å²) in [6.07, 6.45) is 5.62. The number of aromatic amines is 1. The van der Waals surface area contributed by atoms with Gasteiger partial charge >= 0.3 is 0 Å². The van der Waals surface area contributed by atoms with Gasteiger partial charge in [-0.05, 0) is 31.4 Å². The van der Waals surface area contributed by atoms with Gasteiger partial charge in [0.15, 0.2) is 0 Å². The van der Waals surface area contributed by atoms with Crippen molar-refractivity contribution < 1.29 is 9.18 Å². The Morgan fingerprint density at radius 2 is 2.00 bits per heavy atom. The van der Waals surface area contributed by atoms with Crippen LogP contribution in [0.2, 0.25) is 0 Å². The molecule has 2 fully saturated rings. The maximum atomic E-state index is 14.1. The van der Waals surface area contributed by atoms with Gasteiger partial charge in [0.25, 0.3) is 5.91 Å². The maximum absolute atomic E-state index is 14.1. The SMILES string of the molecule is CCCc1[nH]ncc1C(=O)N1CCCC(N2CCN(c3ccccc3F)CC2)C1. The standard InChI is InChI=1S/C22H30FN5O/c1-2-6-20-18(15-24-25-20)22(29)28-10-5-7-17(16-28)26-11-13-27(14-12-26)21-9-4-3-8-19(21)23/h3-4,8-9,15,17H,2,5-7,10-14,16H2,1H3,(H,24,25). The number of rotatable bonds is 5. The van der Waals surface area contributed by atoms with E-state index in [0.717, 1.165) is 76.2 Å². The summed E-state index contributed by atoms with van der Waals surface area (Å²) >= 11 is 0. The summed E-state index contributed by atoms with van der Waals surface area (Å²) in [4.78, 5) is 19.6. The summed E-state index contributed by atoms with van der Waals surface area (Å²) in [6, 6.07) is 7.36. The van der Waals surface area contributed by atoms with E-state index in [4.69, 9.17) is 0 Å². The minimum absolute atomic E-state index is 0.0943. The quantitative estimate of drug-likeness (QED) is 0.840. The molecule has 3 heterocycles. The monoisotopic (exact) mass is 399 g/mol. The summed E-state index contributed by atoms with van der Waals surface area (Å²) in [5.41, 5.74) is 2.35. The van der Waals surface area contributed by atoms with Crippen LogP contribution in [-0.4, -0.2) is 71.2 Å². The molecule has 0 spiro atoms. The van der Waals surface area contributed by atoms with Crippen LogP contribution in [-0.2, 0) is 6.42 Å². The summed E-state index contributed by atoms with van der Waals surface area (Å²) in [6.45, 7) is 7.09. The third-order valence-corrected chi connectivity index (χ3v) is 6.16. The van der Waals surface area contributed by atoms with Crippen molar-refractivity contribution in [2.75, 3.05) is 44.2 Å². The fraction of sp³-hybridized carbons (Fsp3) is 0.545. The number of amides is 1. The Balaban J connectivity index is 1.36. The average Bonchev–Trinajstić information content (AvgIpc) is 3.22. The highest BCUT2D eigenvalue weighted by molar-refractivity contribution is 5.95. The Morgan fingerprint density at radius 1 is 1.21 bits per heavy atom. The van der Waals surface area contributed by atoms with Crippen molar-refractivity contribution >= 4 is 11.6 Å². The first-order chi connectivity index (χ1) is 14.2. The van der Waals surface area contributed by atoms with Crippen LogP contribution < -0.4 is 4.90 Å². The summed E-state index contributed by atoms with van der Waals surface area (Å²) in [7, 11) is 0. The van der Waals surface area contributed by atoms with Crippen molar-refractivity contribution in [2.24, 2.45) is 0 Å². The predicted molar refractivity (Wildman–Crippen MR) is 112 cm³/mol. The number of carbonyl (C=O) groups is 1. The van der Waals surface area contributed by atoms with Crippen molar-refractivity contribution in [1.82, 2.24) is 20.0 Å². The van der Waals surface area contributed by atoms with Gasteiger partial charge in [-0.1, -0.05) is 25.5 Å². The summed E-state index contributed by atoms with van der Waals surface area (Å²) in [5, 5.41) is 7.07. The molecular formula is C22H30FN5O. The molecule has 0 bridgehead atoms. The Bertz CT molecular complexity index is 830. The van der Waals surface area contributed by atoms with Crippen LogP contribution in [0.1, 0.15) is 42.2 Å². The third-order valence-electron chi connectivity index (χ3n) is 6.16. The number of benzene rings is 1. The minimum Gasteiger partial charge on any atom is -0.367 e. The van der Waals surface area contributed by atoms with Gasteiger partial charge in [-0.15, -0.1) is 0 Å². The fourth-order valence-electron chi connectivity index (χ4n) is 4.58. The van der Waals surface area contributed by atoms with Crippen LogP contribution in [0.15, 0.2) is 30.5 Å². The number of piperazine rings is 1. The van der Waals surface area contributed by atoms with Crippen molar-refractivity contribution in [2.45, 2.75) is 38.6 Å². The van der Waals surface area contributed by atoms with Crippen molar-refractivity contribution in [3.8, 4) is 0 Å². The molecule has 1 amide bonds. The fourth-order valence-corrected chi connectivity index (χ4v) is 4.58. The highest BCUT2D eigenvalue weighted by Gasteiger charge is 2.31. The van der Waals surface area contributed by atoms with Gasteiger partial charge in [0.1, 0.15) is 5.82 Å². The molecule has 1 aromatic carbocycles. The van der Waals surface area contributed by atoms with Gasteiger partial charge in [0.2, 0.25) is 0 Å². The third kappa shape index (κ3) is 4.29. The topological polar surface area (TPSA) is 55.5 Å². The lowest BCUT2D eigenvalue weighted by molar-refractivity contribution is 0.0562. The molecule has 1 unspecified atom stereocenters. The minimum atomic E-state index is -0.154. The normalized spacial score (nSPS) is 20.8. The number of hydrogen-bond donors (Lipinski definition) is 1. The van der Waals surface area contributed by atoms with Crippen LogP contribution in [0.5, 0.6) is 0 Å². The largest absolute Gasteiger partial charge is 0.367 e. The van der Waals surface area contributed by atoms with Gasteiger partial charge in [0, 0.05) is 51.0 Å². The second-order valence-electron chi connectivity index (χ2n) is 8.03. The highest BCUT2D eigenvalue weighted by atomic mass is 19.1. The summed E-state index contributed by atoms with van der Waals surface area (Å²) in [5.74, 6) is -0.0599. The number of aromatic nitrogens is 2. The molecule has 0 saturated carbocycles. The zero-order chi connectivity index (χ0) is 20.2. The van der Waals surface area contributed by atoms with E-state index in [2.05, 4.69) is 26.9 Å². The molecule has 2 aromatic rings. The van der Waals surface area contributed by atoms with Crippen molar-refractivity contribution in [3.05, 3.63) is 47.5 Å². The number of nitrogens with zero attached hydrogens (tertiary/aromatic N) is 4. The number of aryl methyl sites for hydroxylation is 1. The van der Waals surface area contributed by atoms with Gasteiger partial charge in [0.05, 0.1) is 17.4 Å². The molecule has 156 valence electrons. The number of anilines is 1. The molecule has 7 heteroatoms. The zero-order valence-electron chi connectivity index (χ0n) is 17.1. The van der Waals surface area contributed by atoms with E-state index in [1.165, 1.54) is 6.07 Å². The Hall–Kier alpha value is -2.41. The van der Waals surface area contributed by atoms with Gasteiger partial charge in [-0.25, -0.2) is 4.39 Å². The lowest BCUT2D eigenvalue weighted by Gasteiger charge is -2.44. The first kappa shape index (κ1) is 19.9. The number of para-hydroxylation sites is 1. The molecule has 29 heavy (non-hydrogen) atoms. The number of hydrogen-bond acceptors (Lipinski definition) is 4.